The predicted octanol–water partition coefficient (Wildman–Crippen LogP) is 1.02. The smallest absolute Gasteiger partial charge is 0.297 e. The summed E-state index contributed by atoms with van der Waals surface area (Å²) in [6.07, 6.45) is 2.55. The number of nitrogens with zero attached hydrogens (tertiary/aromatic N) is 2. The highest BCUT2D eigenvalue weighted by Gasteiger charge is 2.23. The zero-order valence-electron chi connectivity index (χ0n) is 10.8. The van der Waals surface area contributed by atoms with E-state index in [-0.39, 0.29) is 5.63 Å². The van der Waals surface area contributed by atoms with E-state index in [0.717, 1.165) is 31.7 Å². The number of nitrogens with one attached hydrogen (secondary N) is 1. The number of H-pyrrole nitrogens is 1. The molecule has 0 amide bonds. The van der Waals surface area contributed by atoms with Gasteiger partial charge in [-0.25, -0.2) is 4.79 Å². The molecule has 5 nitrogen and oxygen atoms in total. The Kier molecular flexibility index (Phi) is 3.46. The maximum Gasteiger partial charge on any atom is 0.435 e. The monoisotopic (exact) mass is 260 g/mol. The summed E-state index contributed by atoms with van der Waals surface area (Å²) in [7, 11) is 0. The van der Waals surface area contributed by atoms with Gasteiger partial charge in [0, 0.05) is 0 Å². The second kappa shape index (κ2) is 5.40. The minimum Gasteiger partial charge on any atom is -0.297 e. The molecule has 0 atom stereocenters. The van der Waals surface area contributed by atoms with Crippen molar-refractivity contribution in [3.05, 3.63) is 40.8 Å². The molecule has 2 heterocycles. The summed E-state index contributed by atoms with van der Waals surface area (Å²) in [6, 6.07) is 9.63. The van der Waals surface area contributed by atoms with Crippen LogP contribution in [-0.4, -0.2) is 29.8 Å². The number of aromatic amines is 1. The fourth-order valence-corrected chi connectivity index (χ4v) is 2.58. The van der Waals surface area contributed by atoms with E-state index in [4.69, 9.17) is 4.52 Å². The molecule has 1 aliphatic heterocycles. The quantitative estimate of drug-likeness (QED) is 0.835. The highest BCUT2D eigenvalue weighted by Crippen LogP contribution is 2.10. The Morgan fingerprint density at radius 3 is 2.68 bits per heavy atom. The SMILES string of the molecule is O=c1o[nH][n+](CCN2CCCC2)c1-c1ccccc1. The number of rotatable bonds is 4. The zero-order valence-corrected chi connectivity index (χ0v) is 10.8. The first kappa shape index (κ1) is 12.2. The van der Waals surface area contributed by atoms with Crippen LogP contribution >= 0.6 is 0 Å². The topological polar surface area (TPSA) is 53.1 Å². The molecule has 1 aliphatic rings. The Balaban J connectivity index is 1.80. The fourth-order valence-electron chi connectivity index (χ4n) is 2.58. The molecule has 5 heteroatoms. The van der Waals surface area contributed by atoms with Gasteiger partial charge in [0.05, 0.1) is 12.1 Å². The van der Waals surface area contributed by atoms with Gasteiger partial charge in [0.15, 0.2) is 6.54 Å². The highest BCUT2D eigenvalue weighted by atomic mass is 16.5. The summed E-state index contributed by atoms with van der Waals surface area (Å²) in [6.45, 7) is 4.00. The van der Waals surface area contributed by atoms with Crippen LogP contribution < -0.4 is 10.3 Å². The Labute approximate surface area is 111 Å². The van der Waals surface area contributed by atoms with Gasteiger partial charge in [-0.2, -0.15) is 0 Å². The van der Waals surface area contributed by atoms with Crippen molar-refractivity contribution in [1.82, 2.24) is 10.2 Å². The van der Waals surface area contributed by atoms with Gasteiger partial charge in [0.25, 0.3) is 0 Å². The number of hydrogen-bond donors (Lipinski definition) is 1. The lowest BCUT2D eigenvalue weighted by molar-refractivity contribution is -0.752. The number of aromatic nitrogens is 2. The average Bonchev–Trinajstić information content (AvgIpc) is 3.07. The third-order valence-electron chi connectivity index (χ3n) is 3.60. The van der Waals surface area contributed by atoms with Gasteiger partial charge >= 0.3 is 11.3 Å². The van der Waals surface area contributed by atoms with E-state index in [9.17, 15) is 4.79 Å². The molecule has 2 aromatic rings. The molecule has 0 aliphatic carbocycles. The average molecular weight is 260 g/mol. The van der Waals surface area contributed by atoms with Crippen molar-refractivity contribution in [3.8, 4) is 11.3 Å². The second-order valence-electron chi connectivity index (χ2n) is 4.90. The van der Waals surface area contributed by atoms with Gasteiger partial charge < -0.3 is 0 Å². The van der Waals surface area contributed by atoms with Crippen LogP contribution in [0.1, 0.15) is 12.8 Å². The lowest BCUT2D eigenvalue weighted by Crippen LogP contribution is -2.43. The molecule has 0 spiro atoms. The van der Waals surface area contributed by atoms with E-state index in [1.54, 1.807) is 4.68 Å². The van der Waals surface area contributed by atoms with Crippen molar-refractivity contribution in [2.45, 2.75) is 19.4 Å². The van der Waals surface area contributed by atoms with Crippen LogP contribution in [0.3, 0.4) is 0 Å². The van der Waals surface area contributed by atoms with Crippen LogP contribution in [0.2, 0.25) is 0 Å². The first-order valence-corrected chi connectivity index (χ1v) is 6.74. The minimum absolute atomic E-state index is 0.312. The maximum atomic E-state index is 11.8. The molecule has 1 N–H and O–H groups in total. The van der Waals surface area contributed by atoms with Crippen molar-refractivity contribution >= 4 is 0 Å². The van der Waals surface area contributed by atoms with Gasteiger partial charge in [0.2, 0.25) is 0 Å². The molecule has 3 rings (SSSR count). The van der Waals surface area contributed by atoms with Crippen molar-refractivity contribution < 1.29 is 9.20 Å². The van der Waals surface area contributed by atoms with E-state index in [0.29, 0.717) is 5.69 Å². The minimum atomic E-state index is -0.312. The Morgan fingerprint density at radius 2 is 1.95 bits per heavy atom. The lowest BCUT2D eigenvalue weighted by atomic mass is 10.2. The molecule has 0 bridgehead atoms. The summed E-state index contributed by atoms with van der Waals surface area (Å²) in [4.78, 5) is 14.2. The van der Waals surface area contributed by atoms with E-state index in [1.165, 1.54) is 12.8 Å². The van der Waals surface area contributed by atoms with Crippen molar-refractivity contribution in [1.29, 1.82) is 0 Å². The van der Waals surface area contributed by atoms with Crippen molar-refractivity contribution in [2.75, 3.05) is 19.6 Å². The van der Waals surface area contributed by atoms with Crippen LogP contribution in [0, 0.1) is 0 Å². The standard InChI is InChI=1S/C14H17N3O2/c18-14-13(12-6-2-1-3-7-12)17(15-19-14)11-10-16-8-4-5-9-16/h1-3,6-7H,4-5,8-11H2/p+1. The summed E-state index contributed by atoms with van der Waals surface area (Å²) in [5.74, 6) is 0. The number of benzene rings is 1. The second-order valence-corrected chi connectivity index (χ2v) is 4.90. The molecule has 0 saturated carbocycles. The lowest BCUT2D eigenvalue weighted by Gasteiger charge is -2.10. The van der Waals surface area contributed by atoms with Crippen LogP contribution in [0.5, 0.6) is 0 Å². The highest BCUT2D eigenvalue weighted by molar-refractivity contribution is 5.53. The third kappa shape index (κ3) is 2.61. The van der Waals surface area contributed by atoms with Gasteiger partial charge in [-0.1, -0.05) is 22.9 Å². The van der Waals surface area contributed by atoms with E-state index in [1.807, 2.05) is 30.3 Å². The predicted molar refractivity (Wildman–Crippen MR) is 70.6 cm³/mol. The van der Waals surface area contributed by atoms with Crippen LogP contribution in [0.15, 0.2) is 39.6 Å². The van der Waals surface area contributed by atoms with Gasteiger partial charge in [-0.05, 0) is 43.3 Å². The van der Waals surface area contributed by atoms with Crippen LogP contribution in [-0.2, 0) is 6.54 Å². The molecule has 0 radical (unpaired) electrons. The molecular weight excluding hydrogens is 242 g/mol. The molecule has 1 saturated heterocycles. The summed E-state index contributed by atoms with van der Waals surface area (Å²) in [5.41, 5.74) is 1.17. The van der Waals surface area contributed by atoms with Gasteiger partial charge in [0.1, 0.15) is 0 Å². The van der Waals surface area contributed by atoms with E-state index < -0.39 is 0 Å². The zero-order chi connectivity index (χ0) is 13.1. The Bertz CT molecular complexity index is 582. The number of hydrogen-bond acceptors (Lipinski definition) is 3. The van der Waals surface area contributed by atoms with E-state index >= 15 is 0 Å². The van der Waals surface area contributed by atoms with Crippen LogP contribution in [0.4, 0.5) is 0 Å². The third-order valence-corrected chi connectivity index (χ3v) is 3.60. The first-order chi connectivity index (χ1) is 9.34. The van der Waals surface area contributed by atoms with Crippen LogP contribution in [0.25, 0.3) is 11.3 Å². The number of likely N-dealkylation sites (tertiary alicyclic amines) is 1. The summed E-state index contributed by atoms with van der Waals surface area (Å²) < 4.78 is 6.73. The molecular formula is C14H18N3O2+. The maximum absolute atomic E-state index is 11.8. The van der Waals surface area contributed by atoms with Gasteiger partial charge in [-0.15, -0.1) is 0 Å². The molecule has 19 heavy (non-hydrogen) atoms. The van der Waals surface area contributed by atoms with Crippen molar-refractivity contribution in [3.63, 3.8) is 0 Å². The largest absolute Gasteiger partial charge is 0.435 e. The van der Waals surface area contributed by atoms with Gasteiger partial charge in [-0.3, -0.25) is 9.42 Å². The molecule has 0 unspecified atom stereocenters. The summed E-state index contributed by atoms with van der Waals surface area (Å²) >= 11 is 0. The van der Waals surface area contributed by atoms with Crippen molar-refractivity contribution in [2.24, 2.45) is 0 Å². The molecule has 100 valence electrons. The molecule has 1 aromatic heterocycles. The molecule has 1 fully saturated rings. The molecule has 1 aromatic carbocycles. The first-order valence-electron chi connectivity index (χ1n) is 6.74. The Hall–Kier alpha value is -1.88. The summed E-state index contributed by atoms with van der Waals surface area (Å²) in [5, 5.41) is 2.70. The fraction of sp³-hybridized carbons (Fsp3) is 0.429. The Morgan fingerprint density at radius 1 is 1.21 bits per heavy atom. The normalized spacial score (nSPS) is 16.0. The van der Waals surface area contributed by atoms with E-state index in [2.05, 4.69) is 10.2 Å².